The van der Waals surface area contributed by atoms with Gasteiger partial charge in [-0.1, -0.05) is 20.8 Å². The third kappa shape index (κ3) is 95.8. The summed E-state index contributed by atoms with van der Waals surface area (Å²) in [5, 5.41) is 39.2. The fourth-order valence-corrected chi connectivity index (χ4v) is 0. The molecule has 1 atom stereocenters. The summed E-state index contributed by atoms with van der Waals surface area (Å²) in [4.78, 5) is 28.1. The van der Waals surface area contributed by atoms with E-state index in [0.29, 0.717) is 0 Å². The van der Waals surface area contributed by atoms with Gasteiger partial charge in [-0.15, -0.1) is 0 Å². The second-order valence-corrected chi connectivity index (χ2v) is 3.27. The Morgan fingerprint density at radius 1 is 0.800 bits per heavy atom. The summed E-state index contributed by atoms with van der Waals surface area (Å²) >= 11 is 0. The van der Waals surface area contributed by atoms with Crippen molar-refractivity contribution in [2.45, 2.75) is 53.1 Å². The van der Waals surface area contributed by atoms with E-state index in [2.05, 4.69) is 0 Å². The van der Waals surface area contributed by atoms with E-state index in [9.17, 15) is 14.4 Å². The highest BCUT2D eigenvalue weighted by atomic mass is 16.4. The molecule has 0 aliphatic rings. The average molecular weight is 298 g/mol. The van der Waals surface area contributed by atoms with Crippen molar-refractivity contribution in [3.8, 4) is 0 Å². The van der Waals surface area contributed by atoms with Gasteiger partial charge in [-0.05, 0) is 6.92 Å². The van der Waals surface area contributed by atoms with Gasteiger partial charge in [0.05, 0.1) is 12.7 Å². The van der Waals surface area contributed by atoms with Gasteiger partial charge in [0.25, 0.3) is 0 Å². The molecule has 0 saturated carbocycles. The van der Waals surface area contributed by atoms with Crippen molar-refractivity contribution in [3.63, 3.8) is 0 Å². The highest BCUT2D eigenvalue weighted by Crippen LogP contribution is 1.69. The number of carbonyl (C=O) groups is 3. The van der Waals surface area contributed by atoms with E-state index in [1.54, 1.807) is 20.8 Å². The first kappa shape index (κ1) is 26.8. The molecule has 0 saturated heterocycles. The molecule has 1 unspecified atom stereocenters. The molecule has 0 fully saturated rings. The first-order valence-corrected chi connectivity index (χ1v) is 6.03. The maximum absolute atomic E-state index is 9.37. The van der Waals surface area contributed by atoms with Crippen LogP contribution in [-0.2, 0) is 14.4 Å². The maximum atomic E-state index is 9.37. The van der Waals surface area contributed by atoms with Gasteiger partial charge in [-0.2, -0.15) is 0 Å². The molecule has 20 heavy (non-hydrogen) atoms. The van der Waals surface area contributed by atoms with Crippen LogP contribution in [-0.4, -0.2) is 56.2 Å². The summed E-state index contributed by atoms with van der Waals surface area (Å²) in [6.45, 7) is 6.19. The van der Waals surface area contributed by atoms with Crippen LogP contribution in [0.15, 0.2) is 0 Å². The predicted molar refractivity (Wildman–Crippen MR) is 72.5 cm³/mol. The first-order chi connectivity index (χ1) is 9.08. The van der Waals surface area contributed by atoms with E-state index < -0.39 is 24.0 Å². The minimum atomic E-state index is -0.745. The molecule has 5 N–H and O–H groups in total. The van der Waals surface area contributed by atoms with E-state index in [1.807, 2.05) is 0 Å². The molecule has 0 amide bonds. The topological polar surface area (TPSA) is 152 Å². The van der Waals surface area contributed by atoms with Crippen LogP contribution in [0.4, 0.5) is 0 Å². The number of carboxylic acid groups (broad SMARTS) is 3. The molecule has 0 aromatic rings. The minimum absolute atomic E-state index is 0.139. The average Bonchev–Trinajstić information content (AvgIpc) is 2.40. The molecule has 122 valence electrons. The van der Waals surface area contributed by atoms with E-state index >= 15 is 0 Å². The van der Waals surface area contributed by atoms with Crippen molar-refractivity contribution in [1.82, 2.24) is 0 Å². The van der Waals surface area contributed by atoms with Crippen LogP contribution in [0, 0.1) is 0 Å². The number of hydrogen-bond acceptors (Lipinski definition) is 5. The number of aliphatic hydroxyl groups excluding tert-OH is 2. The molecule has 0 aromatic carbocycles. The lowest BCUT2D eigenvalue weighted by atomic mass is 10.5. The van der Waals surface area contributed by atoms with Crippen molar-refractivity contribution in [2.75, 3.05) is 6.61 Å². The second-order valence-electron chi connectivity index (χ2n) is 3.27. The lowest BCUT2D eigenvalue weighted by Gasteiger charge is -1.90. The Labute approximate surface area is 118 Å². The Hall–Kier alpha value is -1.67. The summed E-state index contributed by atoms with van der Waals surface area (Å²) in [5.74, 6) is -2.24. The van der Waals surface area contributed by atoms with Crippen LogP contribution in [0.3, 0.4) is 0 Å². The summed E-state index contributed by atoms with van der Waals surface area (Å²) in [7, 11) is 0. The summed E-state index contributed by atoms with van der Waals surface area (Å²) in [5.41, 5.74) is 0. The van der Waals surface area contributed by atoms with E-state index in [4.69, 9.17) is 25.5 Å². The SMILES string of the molecule is CC(O)CO.CCC(=O)O.CCC(=O)O.CCC(=O)O. The van der Waals surface area contributed by atoms with Crippen LogP contribution in [0.5, 0.6) is 0 Å². The van der Waals surface area contributed by atoms with E-state index in [-0.39, 0.29) is 25.9 Å². The van der Waals surface area contributed by atoms with E-state index in [1.165, 1.54) is 6.92 Å². The highest BCUT2D eigenvalue weighted by molar-refractivity contribution is 5.66. The minimum Gasteiger partial charge on any atom is -0.481 e. The first-order valence-electron chi connectivity index (χ1n) is 6.03. The van der Waals surface area contributed by atoms with E-state index in [0.717, 1.165) is 0 Å². The molecule has 0 heterocycles. The monoisotopic (exact) mass is 298 g/mol. The lowest BCUT2D eigenvalue weighted by molar-refractivity contribution is -0.137. The van der Waals surface area contributed by atoms with Gasteiger partial charge in [-0.25, -0.2) is 0 Å². The van der Waals surface area contributed by atoms with Gasteiger partial charge in [0.1, 0.15) is 0 Å². The zero-order chi connectivity index (χ0) is 17.1. The number of hydrogen-bond donors (Lipinski definition) is 5. The van der Waals surface area contributed by atoms with Gasteiger partial charge in [-0.3, -0.25) is 14.4 Å². The van der Waals surface area contributed by atoms with Crippen molar-refractivity contribution < 1.29 is 39.9 Å². The van der Waals surface area contributed by atoms with Crippen molar-refractivity contribution in [3.05, 3.63) is 0 Å². The Morgan fingerprint density at radius 3 is 0.900 bits per heavy atom. The van der Waals surface area contributed by atoms with Gasteiger partial charge >= 0.3 is 17.9 Å². The maximum Gasteiger partial charge on any atom is 0.303 e. The summed E-state index contributed by atoms with van der Waals surface area (Å²) in [6.07, 6.45) is 0.106. The van der Waals surface area contributed by atoms with Crippen molar-refractivity contribution in [2.24, 2.45) is 0 Å². The standard InChI is InChI=1S/C3H8O2.3C3H6O2/c1-3(5)2-4;3*1-2-3(4)5/h3-5H,2H2,1H3;3*2H2,1H3,(H,4,5). The largest absolute Gasteiger partial charge is 0.481 e. The molecule has 0 aliphatic heterocycles. The van der Waals surface area contributed by atoms with Crippen LogP contribution in [0.1, 0.15) is 47.0 Å². The predicted octanol–water partition coefficient (Wildman–Crippen LogP) is 0.802. The third-order valence-corrected chi connectivity index (χ3v) is 1.17. The molecular formula is C12H26O8. The molecule has 0 rings (SSSR count). The number of aliphatic carboxylic acids is 3. The molecule has 0 bridgehead atoms. The summed E-state index contributed by atoms with van der Waals surface area (Å²) < 4.78 is 0. The second kappa shape index (κ2) is 22.5. The zero-order valence-electron chi connectivity index (χ0n) is 12.4. The number of aliphatic hydroxyl groups is 2. The fraction of sp³-hybridized carbons (Fsp3) is 0.750. The van der Waals surface area contributed by atoms with Crippen LogP contribution in [0.25, 0.3) is 0 Å². The van der Waals surface area contributed by atoms with Crippen LogP contribution in [0.2, 0.25) is 0 Å². The van der Waals surface area contributed by atoms with Gasteiger partial charge in [0.2, 0.25) is 0 Å². The number of carboxylic acids is 3. The van der Waals surface area contributed by atoms with Crippen molar-refractivity contribution >= 4 is 17.9 Å². The Kier molecular flexibility index (Phi) is 30.2. The summed E-state index contributed by atoms with van der Waals surface area (Å²) in [6, 6.07) is 0. The normalized spacial score (nSPS) is 9.30. The van der Waals surface area contributed by atoms with Gasteiger partial charge in [0, 0.05) is 19.3 Å². The quantitative estimate of drug-likeness (QED) is 0.511. The molecule has 0 aromatic heterocycles. The van der Waals surface area contributed by atoms with Gasteiger partial charge in [0.15, 0.2) is 0 Å². The molecule has 0 aliphatic carbocycles. The van der Waals surface area contributed by atoms with Crippen LogP contribution < -0.4 is 0 Å². The lowest BCUT2D eigenvalue weighted by Crippen LogP contribution is -2.03. The smallest absolute Gasteiger partial charge is 0.303 e. The van der Waals surface area contributed by atoms with Crippen molar-refractivity contribution in [1.29, 1.82) is 0 Å². The molecular weight excluding hydrogens is 272 g/mol. The Morgan fingerprint density at radius 2 is 0.900 bits per heavy atom. The Balaban J connectivity index is -0.0000000853. The molecule has 0 radical (unpaired) electrons. The molecule has 8 nitrogen and oxygen atoms in total. The molecule has 8 heteroatoms. The fourth-order valence-electron chi connectivity index (χ4n) is 0. The van der Waals surface area contributed by atoms with Crippen LogP contribution >= 0.6 is 0 Å². The molecule has 0 spiro atoms. The highest BCUT2D eigenvalue weighted by Gasteiger charge is 1.83. The van der Waals surface area contributed by atoms with Gasteiger partial charge < -0.3 is 25.5 Å². The number of rotatable bonds is 4. The third-order valence-electron chi connectivity index (χ3n) is 1.17. The Bertz CT molecular complexity index is 204. The zero-order valence-corrected chi connectivity index (χ0v) is 12.4.